The largest absolute Gasteiger partial charge is 0.507 e. The third-order valence-corrected chi connectivity index (χ3v) is 2.75. The van der Waals surface area contributed by atoms with Gasteiger partial charge in [-0.2, -0.15) is 0 Å². The first-order chi connectivity index (χ1) is 8.27. The number of anilines is 1. The topological polar surface area (TPSA) is 63.5 Å². The number of aromatic nitrogens is 2. The van der Waals surface area contributed by atoms with Crippen LogP contribution >= 0.6 is 0 Å². The number of fused-ring (bicyclic) bond motifs is 1. The Balaban J connectivity index is 2.33. The molecule has 0 aliphatic carbocycles. The minimum atomic E-state index is 0.211. The number of para-hydroxylation sites is 1. The highest BCUT2D eigenvalue weighted by Gasteiger charge is 2.10. The van der Waals surface area contributed by atoms with Crippen molar-refractivity contribution < 1.29 is 5.11 Å². The molecule has 3 N–H and O–H groups in total. The zero-order valence-corrected chi connectivity index (χ0v) is 9.04. The lowest BCUT2D eigenvalue weighted by Gasteiger charge is -2.04. The first kappa shape index (κ1) is 9.72. The number of nitrogens with two attached hydrogens (primary N) is 1. The third kappa shape index (κ3) is 1.42. The molecule has 3 aromatic rings. The Labute approximate surface area is 98.0 Å². The van der Waals surface area contributed by atoms with Crippen molar-refractivity contribution in [2.24, 2.45) is 0 Å². The zero-order chi connectivity index (χ0) is 11.8. The van der Waals surface area contributed by atoms with Crippen molar-refractivity contribution >= 4 is 11.2 Å². The number of benzene rings is 1. The quantitative estimate of drug-likeness (QED) is 0.667. The Morgan fingerprint density at radius 1 is 1.12 bits per heavy atom. The van der Waals surface area contributed by atoms with Crippen LogP contribution in [-0.2, 0) is 0 Å². The van der Waals surface area contributed by atoms with Crippen LogP contribution in [0.1, 0.15) is 0 Å². The van der Waals surface area contributed by atoms with Gasteiger partial charge in [0.1, 0.15) is 11.6 Å². The molecule has 3 rings (SSSR count). The summed E-state index contributed by atoms with van der Waals surface area (Å²) in [5.74, 6) is 0.896. The van der Waals surface area contributed by atoms with Gasteiger partial charge in [0, 0.05) is 6.20 Å². The molecule has 2 aromatic heterocycles. The van der Waals surface area contributed by atoms with Crippen LogP contribution in [0.4, 0.5) is 5.69 Å². The summed E-state index contributed by atoms with van der Waals surface area (Å²) in [7, 11) is 0. The van der Waals surface area contributed by atoms with Crippen molar-refractivity contribution in [3.63, 3.8) is 0 Å². The molecule has 84 valence electrons. The van der Waals surface area contributed by atoms with Crippen molar-refractivity contribution in [1.29, 1.82) is 0 Å². The number of hydrogen-bond donors (Lipinski definition) is 2. The first-order valence-electron chi connectivity index (χ1n) is 5.27. The number of nitrogens with zero attached hydrogens (tertiary/aromatic N) is 2. The van der Waals surface area contributed by atoms with Gasteiger partial charge in [-0.25, -0.2) is 4.98 Å². The second kappa shape index (κ2) is 3.52. The molecule has 0 fully saturated rings. The van der Waals surface area contributed by atoms with Gasteiger partial charge in [-0.15, -0.1) is 0 Å². The number of aromatic hydroxyl groups is 1. The van der Waals surface area contributed by atoms with E-state index in [1.165, 1.54) is 0 Å². The average Bonchev–Trinajstić information content (AvgIpc) is 2.75. The summed E-state index contributed by atoms with van der Waals surface area (Å²) in [5, 5.41) is 9.83. The molecular weight excluding hydrogens is 214 g/mol. The average molecular weight is 225 g/mol. The van der Waals surface area contributed by atoms with E-state index in [4.69, 9.17) is 5.73 Å². The smallest absolute Gasteiger partial charge is 0.148 e. The zero-order valence-electron chi connectivity index (χ0n) is 9.04. The summed E-state index contributed by atoms with van der Waals surface area (Å²) in [6.45, 7) is 0. The number of hydrogen-bond acceptors (Lipinski definition) is 3. The lowest BCUT2D eigenvalue weighted by molar-refractivity contribution is 0.477. The molecule has 0 aliphatic rings. The van der Waals surface area contributed by atoms with Crippen LogP contribution in [0, 0.1) is 0 Å². The van der Waals surface area contributed by atoms with E-state index >= 15 is 0 Å². The van der Waals surface area contributed by atoms with Crippen molar-refractivity contribution in [3.05, 3.63) is 48.8 Å². The van der Waals surface area contributed by atoms with Crippen LogP contribution < -0.4 is 5.73 Å². The Morgan fingerprint density at radius 3 is 2.76 bits per heavy atom. The molecule has 4 heteroatoms. The van der Waals surface area contributed by atoms with Gasteiger partial charge in [-0.05, 0) is 24.3 Å². The van der Waals surface area contributed by atoms with E-state index in [-0.39, 0.29) is 5.75 Å². The molecule has 0 unspecified atom stereocenters. The fraction of sp³-hybridized carbons (Fsp3) is 0. The monoisotopic (exact) mass is 225 g/mol. The second-order valence-corrected chi connectivity index (χ2v) is 3.82. The van der Waals surface area contributed by atoms with Crippen molar-refractivity contribution in [3.8, 4) is 17.1 Å². The summed E-state index contributed by atoms with van der Waals surface area (Å²) >= 11 is 0. The molecule has 0 radical (unpaired) electrons. The van der Waals surface area contributed by atoms with Gasteiger partial charge in [0.25, 0.3) is 0 Å². The van der Waals surface area contributed by atoms with Gasteiger partial charge in [0.05, 0.1) is 23.0 Å². The lowest BCUT2D eigenvalue weighted by Crippen LogP contribution is -1.93. The fourth-order valence-electron chi connectivity index (χ4n) is 1.91. The number of phenolic OH excluding ortho intramolecular Hbond substituents is 1. The lowest BCUT2D eigenvalue weighted by atomic mass is 10.2. The Bertz CT molecular complexity index is 688. The maximum atomic E-state index is 9.83. The Hall–Kier alpha value is -2.49. The van der Waals surface area contributed by atoms with Crippen LogP contribution in [0.2, 0.25) is 0 Å². The van der Waals surface area contributed by atoms with Crippen LogP contribution in [-0.4, -0.2) is 14.5 Å². The molecule has 0 bridgehead atoms. The molecule has 17 heavy (non-hydrogen) atoms. The fourth-order valence-corrected chi connectivity index (χ4v) is 1.91. The van der Waals surface area contributed by atoms with E-state index < -0.39 is 0 Å². The summed E-state index contributed by atoms with van der Waals surface area (Å²) in [6, 6.07) is 10.8. The number of pyridine rings is 1. The normalized spacial score (nSPS) is 10.8. The molecule has 0 aliphatic heterocycles. The van der Waals surface area contributed by atoms with Crippen molar-refractivity contribution in [1.82, 2.24) is 9.38 Å². The third-order valence-electron chi connectivity index (χ3n) is 2.75. The Morgan fingerprint density at radius 2 is 1.94 bits per heavy atom. The number of rotatable bonds is 1. The Kier molecular flexibility index (Phi) is 2.01. The molecule has 0 atom stereocenters. The van der Waals surface area contributed by atoms with E-state index in [9.17, 15) is 5.11 Å². The van der Waals surface area contributed by atoms with E-state index in [1.54, 1.807) is 18.3 Å². The summed E-state index contributed by atoms with van der Waals surface area (Å²) in [5.41, 5.74) is 8.06. The molecule has 2 heterocycles. The molecule has 0 spiro atoms. The minimum absolute atomic E-state index is 0.211. The van der Waals surface area contributed by atoms with E-state index in [0.29, 0.717) is 17.1 Å². The molecule has 0 amide bonds. The minimum Gasteiger partial charge on any atom is -0.507 e. The van der Waals surface area contributed by atoms with E-state index in [2.05, 4.69) is 4.98 Å². The SMILES string of the molecule is Nc1cccn2c(-c3ccccc3O)ncc12. The molecule has 4 nitrogen and oxygen atoms in total. The highest BCUT2D eigenvalue weighted by Crippen LogP contribution is 2.29. The number of phenols is 1. The highest BCUT2D eigenvalue weighted by molar-refractivity contribution is 5.74. The first-order valence-corrected chi connectivity index (χ1v) is 5.27. The van der Waals surface area contributed by atoms with Gasteiger partial charge in [0.2, 0.25) is 0 Å². The summed E-state index contributed by atoms with van der Waals surface area (Å²) in [6.07, 6.45) is 3.58. The van der Waals surface area contributed by atoms with Crippen LogP contribution in [0.25, 0.3) is 16.9 Å². The molecule has 0 saturated heterocycles. The predicted molar refractivity (Wildman–Crippen MR) is 66.7 cm³/mol. The van der Waals surface area contributed by atoms with Gasteiger partial charge >= 0.3 is 0 Å². The standard InChI is InChI=1S/C13H11N3O/c14-10-5-3-7-16-11(10)8-15-13(16)9-4-1-2-6-12(9)17/h1-8,17H,14H2. The molecule has 1 aromatic carbocycles. The number of nitrogen functional groups attached to an aromatic ring is 1. The highest BCUT2D eigenvalue weighted by atomic mass is 16.3. The van der Waals surface area contributed by atoms with Gasteiger partial charge < -0.3 is 10.8 Å². The van der Waals surface area contributed by atoms with Crippen LogP contribution in [0.3, 0.4) is 0 Å². The second-order valence-electron chi connectivity index (χ2n) is 3.82. The number of imidazole rings is 1. The van der Waals surface area contributed by atoms with Crippen molar-refractivity contribution in [2.45, 2.75) is 0 Å². The van der Waals surface area contributed by atoms with Crippen LogP contribution in [0.5, 0.6) is 5.75 Å². The maximum absolute atomic E-state index is 9.83. The summed E-state index contributed by atoms with van der Waals surface area (Å²) < 4.78 is 1.87. The van der Waals surface area contributed by atoms with Crippen molar-refractivity contribution in [2.75, 3.05) is 5.73 Å². The van der Waals surface area contributed by atoms with Crippen LogP contribution in [0.15, 0.2) is 48.8 Å². The van der Waals surface area contributed by atoms with Gasteiger partial charge in [-0.1, -0.05) is 12.1 Å². The summed E-state index contributed by atoms with van der Waals surface area (Å²) in [4.78, 5) is 4.31. The van der Waals surface area contributed by atoms with Gasteiger partial charge in [-0.3, -0.25) is 4.40 Å². The van der Waals surface area contributed by atoms with E-state index in [0.717, 1.165) is 5.52 Å². The molecular formula is C13H11N3O. The van der Waals surface area contributed by atoms with Gasteiger partial charge in [0.15, 0.2) is 0 Å². The molecule has 0 saturated carbocycles. The predicted octanol–water partition coefficient (Wildman–Crippen LogP) is 2.29. The van der Waals surface area contributed by atoms with E-state index in [1.807, 2.05) is 34.9 Å². The maximum Gasteiger partial charge on any atom is 0.148 e.